The van der Waals surface area contributed by atoms with Crippen molar-refractivity contribution in [3.63, 3.8) is 0 Å². The number of amides is 1. The molecule has 1 amide bonds. The minimum atomic E-state index is -1.90. The summed E-state index contributed by atoms with van der Waals surface area (Å²) in [5.74, 6) is -12.5. The third-order valence-corrected chi connectivity index (χ3v) is 6.84. The molecule has 2 atom stereocenters. The van der Waals surface area contributed by atoms with Gasteiger partial charge in [-0.3, -0.25) is 19.2 Å². The molecule has 44 heavy (non-hydrogen) atoms. The number of hydrogen-bond donors (Lipinski definition) is 2. The van der Waals surface area contributed by atoms with Crippen LogP contribution in [-0.2, 0) is 26.2 Å². The van der Waals surface area contributed by atoms with E-state index in [1.165, 1.54) is 0 Å². The molecule has 1 aromatic heterocycles. The van der Waals surface area contributed by atoms with Gasteiger partial charge in [0.2, 0.25) is 17.5 Å². The van der Waals surface area contributed by atoms with E-state index in [4.69, 9.17) is 0 Å². The summed E-state index contributed by atoms with van der Waals surface area (Å²) >= 11 is 0. The standard InChI is InChI=1S/C31H33F4N3O6/c1-6-23(38-30(43)18(11-16(2)37-38)12-17-9-7-8-10-19(17)31(3,4)5)29(42)36-22(14-25(40)41)24(39)15-44-28-26(34)20(32)13-21(33)27(28)35/h7-11,13,22-23H,6,12,14-15H2,1-5H3,(H,36,42)(H,40,41)/t22-,23?/m0/s1. The third-order valence-electron chi connectivity index (χ3n) is 6.84. The lowest BCUT2D eigenvalue weighted by atomic mass is 9.82. The molecule has 3 rings (SSSR count). The minimum absolute atomic E-state index is 0.0175. The highest BCUT2D eigenvalue weighted by Crippen LogP contribution is 2.28. The average Bonchev–Trinajstić information content (AvgIpc) is 2.93. The zero-order valence-corrected chi connectivity index (χ0v) is 24.8. The summed E-state index contributed by atoms with van der Waals surface area (Å²) < 4.78 is 60.5. The number of hydrogen-bond acceptors (Lipinski definition) is 6. The number of aliphatic carboxylic acids is 1. The van der Waals surface area contributed by atoms with E-state index < -0.39 is 77.3 Å². The Kier molecular flexibility index (Phi) is 10.7. The Morgan fingerprint density at radius 3 is 2.20 bits per heavy atom. The van der Waals surface area contributed by atoms with E-state index in [2.05, 4.69) is 15.2 Å². The van der Waals surface area contributed by atoms with Gasteiger partial charge in [-0.05, 0) is 36.0 Å². The highest BCUT2D eigenvalue weighted by Gasteiger charge is 2.31. The molecular formula is C31H33F4N3O6. The predicted molar refractivity (Wildman–Crippen MR) is 151 cm³/mol. The van der Waals surface area contributed by atoms with E-state index >= 15 is 0 Å². The van der Waals surface area contributed by atoms with Crippen molar-refractivity contribution in [1.82, 2.24) is 15.1 Å². The molecule has 0 radical (unpaired) electrons. The lowest BCUT2D eigenvalue weighted by Gasteiger charge is -2.24. The van der Waals surface area contributed by atoms with Gasteiger partial charge < -0.3 is 15.2 Å². The molecule has 3 aromatic rings. The van der Waals surface area contributed by atoms with Crippen molar-refractivity contribution in [3.05, 3.63) is 92.4 Å². The smallest absolute Gasteiger partial charge is 0.305 e. The van der Waals surface area contributed by atoms with Crippen molar-refractivity contribution in [3.8, 4) is 5.75 Å². The molecule has 2 aromatic carbocycles. The molecule has 0 fully saturated rings. The first-order chi connectivity index (χ1) is 20.5. The van der Waals surface area contributed by atoms with Crippen molar-refractivity contribution >= 4 is 17.7 Å². The fourth-order valence-electron chi connectivity index (χ4n) is 4.73. The van der Waals surface area contributed by atoms with E-state index in [1.54, 1.807) is 19.9 Å². The van der Waals surface area contributed by atoms with Gasteiger partial charge in [-0.2, -0.15) is 13.9 Å². The van der Waals surface area contributed by atoms with E-state index in [1.807, 2.05) is 45.0 Å². The number of Topliss-reactive ketones (excluding diaryl/α,β-unsaturated/α-hetero) is 1. The third kappa shape index (κ3) is 7.88. The van der Waals surface area contributed by atoms with Gasteiger partial charge in [0.1, 0.15) is 18.7 Å². The van der Waals surface area contributed by atoms with Gasteiger partial charge >= 0.3 is 5.97 Å². The lowest BCUT2D eigenvalue weighted by molar-refractivity contribution is -0.140. The topological polar surface area (TPSA) is 128 Å². The van der Waals surface area contributed by atoms with Crippen LogP contribution < -0.4 is 15.6 Å². The second-order valence-corrected chi connectivity index (χ2v) is 11.3. The minimum Gasteiger partial charge on any atom is -0.481 e. The maximum Gasteiger partial charge on any atom is 0.305 e. The highest BCUT2D eigenvalue weighted by molar-refractivity contribution is 5.93. The van der Waals surface area contributed by atoms with Crippen LogP contribution in [0, 0.1) is 30.2 Å². The number of carbonyl (C=O) groups excluding carboxylic acids is 2. The molecule has 0 bridgehead atoms. The molecule has 2 N–H and O–H groups in total. The summed E-state index contributed by atoms with van der Waals surface area (Å²) in [7, 11) is 0. The normalized spacial score (nSPS) is 12.8. The number of rotatable bonds is 12. The van der Waals surface area contributed by atoms with Crippen LogP contribution >= 0.6 is 0 Å². The van der Waals surface area contributed by atoms with E-state index in [0.717, 1.165) is 15.8 Å². The van der Waals surface area contributed by atoms with Crippen LogP contribution in [0.3, 0.4) is 0 Å². The number of halogens is 4. The summed E-state index contributed by atoms with van der Waals surface area (Å²) in [5.41, 5.74) is 1.95. The van der Waals surface area contributed by atoms with Gasteiger partial charge in [0.25, 0.3) is 5.56 Å². The van der Waals surface area contributed by atoms with Gasteiger partial charge in [0, 0.05) is 18.1 Å². The number of nitrogens with zero attached hydrogens (tertiary/aromatic N) is 2. The maximum absolute atomic E-state index is 14.0. The lowest BCUT2D eigenvalue weighted by Crippen LogP contribution is -2.48. The summed E-state index contributed by atoms with van der Waals surface area (Å²) in [5, 5.41) is 15.8. The number of ketones is 1. The van der Waals surface area contributed by atoms with Crippen LogP contribution in [0.25, 0.3) is 0 Å². The van der Waals surface area contributed by atoms with Crippen molar-refractivity contribution in [1.29, 1.82) is 0 Å². The van der Waals surface area contributed by atoms with Gasteiger partial charge in [-0.1, -0.05) is 52.0 Å². The number of benzene rings is 2. The molecule has 236 valence electrons. The van der Waals surface area contributed by atoms with Crippen molar-refractivity contribution in [2.24, 2.45) is 0 Å². The number of carboxylic acids is 1. The van der Waals surface area contributed by atoms with Gasteiger partial charge in [-0.15, -0.1) is 0 Å². The first-order valence-electron chi connectivity index (χ1n) is 13.7. The molecule has 0 spiro atoms. The van der Waals surface area contributed by atoms with E-state index in [-0.39, 0.29) is 24.3 Å². The quantitative estimate of drug-likeness (QED) is 0.225. The number of aromatic nitrogens is 2. The van der Waals surface area contributed by atoms with Crippen molar-refractivity contribution < 1.29 is 41.8 Å². The summed E-state index contributed by atoms with van der Waals surface area (Å²) in [6, 6.07) is 6.16. The first-order valence-corrected chi connectivity index (χ1v) is 13.7. The fraction of sp³-hybridized carbons (Fsp3) is 0.387. The second kappa shape index (κ2) is 13.8. The molecule has 0 saturated heterocycles. The molecule has 9 nitrogen and oxygen atoms in total. The number of ether oxygens (including phenoxy) is 1. The second-order valence-electron chi connectivity index (χ2n) is 11.3. The summed E-state index contributed by atoms with van der Waals surface area (Å²) in [6.07, 6.45) is -0.694. The van der Waals surface area contributed by atoms with Crippen LogP contribution in [0.15, 0.2) is 41.2 Å². The predicted octanol–water partition coefficient (Wildman–Crippen LogP) is 4.56. The number of carboxylic acid groups (broad SMARTS) is 1. The SMILES string of the molecule is CCC(C(=O)N[C@@H](CC(=O)O)C(=O)COc1c(F)c(F)cc(F)c1F)n1nc(C)cc(Cc2ccccc2C(C)(C)C)c1=O. The van der Waals surface area contributed by atoms with Crippen molar-refractivity contribution in [2.45, 2.75) is 71.4 Å². The van der Waals surface area contributed by atoms with E-state index in [9.17, 15) is 41.8 Å². The zero-order chi connectivity index (χ0) is 32.9. The maximum atomic E-state index is 14.0. The molecule has 0 aliphatic heterocycles. The van der Waals surface area contributed by atoms with Gasteiger partial charge in [0.05, 0.1) is 12.1 Å². The van der Waals surface area contributed by atoms with Crippen LogP contribution in [0.5, 0.6) is 5.75 Å². The Morgan fingerprint density at radius 1 is 1.02 bits per heavy atom. The fourth-order valence-corrected chi connectivity index (χ4v) is 4.73. The summed E-state index contributed by atoms with van der Waals surface area (Å²) in [4.78, 5) is 51.2. The molecule has 0 aliphatic rings. The Balaban J connectivity index is 1.88. The summed E-state index contributed by atoms with van der Waals surface area (Å²) in [6.45, 7) is 8.12. The average molecular weight is 620 g/mol. The number of carbonyl (C=O) groups is 3. The zero-order valence-electron chi connectivity index (χ0n) is 24.8. The molecule has 0 saturated carbocycles. The monoisotopic (exact) mass is 619 g/mol. The Morgan fingerprint density at radius 2 is 1.64 bits per heavy atom. The molecular weight excluding hydrogens is 586 g/mol. The van der Waals surface area contributed by atoms with Gasteiger partial charge in [0.15, 0.2) is 23.2 Å². The largest absolute Gasteiger partial charge is 0.481 e. The van der Waals surface area contributed by atoms with Gasteiger partial charge in [-0.25, -0.2) is 13.5 Å². The van der Waals surface area contributed by atoms with Crippen LogP contribution in [0.4, 0.5) is 17.6 Å². The number of aryl methyl sites for hydroxylation is 1. The Labute approximate surface area is 250 Å². The van der Waals surface area contributed by atoms with Crippen LogP contribution in [0.1, 0.15) is 69.0 Å². The van der Waals surface area contributed by atoms with Crippen LogP contribution in [-0.4, -0.2) is 45.2 Å². The van der Waals surface area contributed by atoms with E-state index in [0.29, 0.717) is 11.3 Å². The Bertz CT molecular complexity index is 1610. The molecule has 0 aliphatic carbocycles. The Hall–Kier alpha value is -4.55. The van der Waals surface area contributed by atoms with Crippen molar-refractivity contribution in [2.75, 3.05) is 6.61 Å². The molecule has 13 heteroatoms. The molecule has 1 unspecified atom stereocenters. The molecule has 1 heterocycles. The van der Waals surface area contributed by atoms with Crippen LogP contribution in [0.2, 0.25) is 0 Å². The first kappa shape index (κ1) is 33.9. The highest BCUT2D eigenvalue weighted by atomic mass is 19.2. The number of nitrogens with one attached hydrogen (secondary N) is 1.